The van der Waals surface area contributed by atoms with Gasteiger partial charge < -0.3 is 19.5 Å². The minimum atomic E-state index is -0.646. The first-order chi connectivity index (χ1) is 12.0. The SMILES string of the molecule is CC(C)[C@H](Cn1nccn1)NC(=O)[C@@H](C)Oc1ccc2c(c1)OCO2. The Hall–Kier alpha value is -2.77. The number of benzene rings is 1. The quantitative estimate of drug-likeness (QED) is 0.820. The molecule has 0 unspecified atom stereocenters. The largest absolute Gasteiger partial charge is 0.481 e. The lowest BCUT2D eigenvalue weighted by atomic mass is 10.0. The van der Waals surface area contributed by atoms with Crippen LogP contribution < -0.4 is 19.5 Å². The van der Waals surface area contributed by atoms with Crippen LogP contribution in [-0.4, -0.2) is 39.8 Å². The Morgan fingerprint density at radius 1 is 1.24 bits per heavy atom. The topological polar surface area (TPSA) is 87.5 Å². The Morgan fingerprint density at radius 3 is 2.68 bits per heavy atom. The number of nitrogens with one attached hydrogen (secondary N) is 1. The van der Waals surface area contributed by atoms with Gasteiger partial charge in [-0.15, -0.1) is 0 Å². The number of ether oxygens (including phenoxy) is 3. The van der Waals surface area contributed by atoms with Gasteiger partial charge >= 0.3 is 0 Å². The van der Waals surface area contributed by atoms with Gasteiger partial charge in [0.05, 0.1) is 25.0 Å². The van der Waals surface area contributed by atoms with E-state index in [2.05, 4.69) is 15.5 Å². The summed E-state index contributed by atoms with van der Waals surface area (Å²) in [5.74, 6) is 1.89. The van der Waals surface area contributed by atoms with E-state index in [0.29, 0.717) is 23.8 Å². The smallest absolute Gasteiger partial charge is 0.261 e. The van der Waals surface area contributed by atoms with Gasteiger partial charge in [-0.05, 0) is 25.0 Å². The number of hydrogen-bond donors (Lipinski definition) is 1. The van der Waals surface area contributed by atoms with Crippen molar-refractivity contribution in [3.05, 3.63) is 30.6 Å². The molecule has 0 radical (unpaired) electrons. The number of carbonyl (C=O) groups is 1. The zero-order valence-corrected chi connectivity index (χ0v) is 14.5. The molecule has 0 fully saturated rings. The predicted molar refractivity (Wildman–Crippen MR) is 89.4 cm³/mol. The van der Waals surface area contributed by atoms with Crippen molar-refractivity contribution in [3.63, 3.8) is 0 Å². The molecule has 134 valence electrons. The van der Waals surface area contributed by atoms with Crippen molar-refractivity contribution in [1.82, 2.24) is 20.3 Å². The molecule has 1 aliphatic rings. The van der Waals surface area contributed by atoms with Gasteiger partial charge in [-0.2, -0.15) is 15.0 Å². The lowest BCUT2D eigenvalue weighted by Gasteiger charge is -2.24. The molecule has 0 saturated heterocycles. The summed E-state index contributed by atoms with van der Waals surface area (Å²) in [7, 11) is 0. The lowest BCUT2D eigenvalue weighted by molar-refractivity contribution is -0.128. The molecule has 1 aromatic carbocycles. The van der Waals surface area contributed by atoms with Crippen LogP contribution in [0.3, 0.4) is 0 Å². The molecule has 0 saturated carbocycles. The van der Waals surface area contributed by atoms with Crippen molar-refractivity contribution in [3.8, 4) is 17.2 Å². The van der Waals surface area contributed by atoms with E-state index in [-0.39, 0.29) is 24.7 Å². The molecule has 8 nitrogen and oxygen atoms in total. The molecule has 2 atom stereocenters. The van der Waals surface area contributed by atoms with Gasteiger partial charge in [0.2, 0.25) is 6.79 Å². The van der Waals surface area contributed by atoms with Crippen molar-refractivity contribution < 1.29 is 19.0 Å². The van der Waals surface area contributed by atoms with E-state index in [9.17, 15) is 4.79 Å². The van der Waals surface area contributed by atoms with E-state index in [1.165, 1.54) is 0 Å². The summed E-state index contributed by atoms with van der Waals surface area (Å²) < 4.78 is 16.3. The van der Waals surface area contributed by atoms with Crippen LogP contribution in [-0.2, 0) is 11.3 Å². The number of nitrogens with zero attached hydrogens (tertiary/aromatic N) is 3. The fourth-order valence-corrected chi connectivity index (χ4v) is 2.44. The van der Waals surface area contributed by atoms with Gasteiger partial charge in [-0.3, -0.25) is 4.79 Å². The van der Waals surface area contributed by atoms with Gasteiger partial charge in [0, 0.05) is 6.07 Å². The average Bonchev–Trinajstić information content (AvgIpc) is 3.24. The number of hydrogen-bond acceptors (Lipinski definition) is 6. The minimum Gasteiger partial charge on any atom is -0.481 e. The second kappa shape index (κ2) is 7.42. The third-order valence-electron chi connectivity index (χ3n) is 3.99. The molecule has 1 aromatic heterocycles. The third kappa shape index (κ3) is 4.20. The predicted octanol–water partition coefficient (Wildman–Crippen LogP) is 1.62. The molecule has 1 aliphatic heterocycles. The Bertz CT molecular complexity index is 717. The van der Waals surface area contributed by atoms with Gasteiger partial charge in [0.15, 0.2) is 17.6 Å². The highest BCUT2D eigenvalue weighted by Gasteiger charge is 2.23. The van der Waals surface area contributed by atoms with E-state index in [1.807, 2.05) is 13.8 Å². The standard InChI is InChI=1S/C17H22N4O4/c1-11(2)14(9-21-18-6-7-19-21)20-17(22)12(3)25-13-4-5-15-16(8-13)24-10-23-15/h4-8,11-12,14H,9-10H2,1-3H3,(H,20,22)/t12-,14+/m1/s1. The zero-order chi connectivity index (χ0) is 17.8. The Labute approximate surface area is 146 Å². The molecule has 0 bridgehead atoms. The maximum atomic E-state index is 12.5. The average molecular weight is 346 g/mol. The number of amides is 1. The Morgan fingerprint density at radius 2 is 1.96 bits per heavy atom. The molecular weight excluding hydrogens is 324 g/mol. The van der Waals surface area contributed by atoms with E-state index < -0.39 is 6.10 Å². The molecule has 25 heavy (non-hydrogen) atoms. The van der Waals surface area contributed by atoms with Crippen LogP contribution in [0.2, 0.25) is 0 Å². The summed E-state index contributed by atoms with van der Waals surface area (Å²) in [6.07, 6.45) is 2.59. The van der Waals surface area contributed by atoms with Crippen LogP contribution in [0.1, 0.15) is 20.8 Å². The molecular formula is C17H22N4O4. The van der Waals surface area contributed by atoms with E-state index >= 15 is 0 Å². The fraction of sp³-hybridized carbons (Fsp3) is 0.471. The summed E-state index contributed by atoms with van der Waals surface area (Å²) >= 11 is 0. The van der Waals surface area contributed by atoms with Crippen LogP contribution in [0, 0.1) is 5.92 Å². The van der Waals surface area contributed by atoms with E-state index in [4.69, 9.17) is 14.2 Å². The minimum absolute atomic E-state index is 0.0947. The molecule has 2 aromatic rings. The number of carbonyl (C=O) groups excluding carboxylic acids is 1. The molecule has 8 heteroatoms. The summed E-state index contributed by atoms with van der Waals surface area (Å²) in [4.78, 5) is 14.0. The first-order valence-electron chi connectivity index (χ1n) is 8.23. The second-order valence-corrected chi connectivity index (χ2v) is 6.22. The summed E-state index contributed by atoms with van der Waals surface area (Å²) in [6, 6.07) is 5.15. The van der Waals surface area contributed by atoms with Crippen molar-refractivity contribution >= 4 is 5.91 Å². The molecule has 1 amide bonds. The number of fused-ring (bicyclic) bond motifs is 1. The van der Waals surface area contributed by atoms with Gasteiger partial charge in [-0.25, -0.2) is 0 Å². The fourth-order valence-electron chi connectivity index (χ4n) is 2.44. The first-order valence-corrected chi connectivity index (χ1v) is 8.23. The van der Waals surface area contributed by atoms with E-state index in [1.54, 1.807) is 42.3 Å². The highest BCUT2D eigenvalue weighted by Crippen LogP contribution is 2.35. The van der Waals surface area contributed by atoms with Crippen LogP contribution in [0.4, 0.5) is 0 Å². The molecule has 1 N–H and O–H groups in total. The third-order valence-corrected chi connectivity index (χ3v) is 3.99. The van der Waals surface area contributed by atoms with Crippen LogP contribution >= 0.6 is 0 Å². The van der Waals surface area contributed by atoms with Gasteiger partial charge in [0.1, 0.15) is 5.75 Å². The molecule has 2 heterocycles. The van der Waals surface area contributed by atoms with Crippen LogP contribution in [0.25, 0.3) is 0 Å². The van der Waals surface area contributed by atoms with Crippen molar-refractivity contribution in [2.45, 2.75) is 39.5 Å². The highest BCUT2D eigenvalue weighted by molar-refractivity contribution is 5.81. The number of rotatable bonds is 7. The number of aromatic nitrogens is 3. The van der Waals surface area contributed by atoms with Crippen molar-refractivity contribution in [2.24, 2.45) is 5.92 Å². The summed E-state index contributed by atoms with van der Waals surface area (Å²) in [6.45, 7) is 6.50. The van der Waals surface area contributed by atoms with Crippen LogP contribution in [0.5, 0.6) is 17.2 Å². The van der Waals surface area contributed by atoms with E-state index in [0.717, 1.165) is 0 Å². The summed E-state index contributed by atoms with van der Waals surface area (Å²) in [5, 5.41) is 11.2. The molecule has 0 aliphatic carbocycles. The molecule has 0 spiro atoms. The Kier molecular flexibility index (Phi) is 5.06. The maximum Gasteiger partial charge on any atom is 0.261 e. The summed E-state index contributed by atoms with van der Waals surface area (Å²) in [5.41, 5.74) is 0. The van der Waals surface area contributed by atoms with Crippen molar-refractivity contribution in [1.29, 1.82) is 0 Å². The highest BCUT2D eigenvalue weighted by atomic mass is 16.7. The normalized spacial score (nSPS) is 15.0. The van der Waals surface area contributed by atoms with Crippen LogP contribution in [0.15, 0.2) is 30.6 Å². The zero-order valence-electron chi connectivity index (χ0n) is 14.5. The first kappa shape index (κ1) is 17.1. The van der Waals surface area contributed by atoms with Crippen molar-refractivity contribution in [2.75, 3.05) is 6.79 Å². The lowest BCUT2D eigenvalue weighted by Crippen LogP contribution is -2.47. The van der Waals surface area contributed by atoms with Gasteiger partial charge in [0.25, 0.3) is 5.91 Å². The van der Waals surface area contributed by atoms with Gasteiger partial charge in [-0.1, -0.05) is 13.8 Å². The Balaban J connectivity index is 1.59. The molecule has 3 rings (SSSR count). The maximum absolute atomic E-state index is 12.5. The monoisotopic (exact) mass is 346 g/mol. The second-order valence-electron chi connectivity index (χ2n) is 6.22.